The minimum absolute atomic E-state index is 0.482. The largest absolute Gasteiger partial charge is 0.317 e. The van der Waals surface area contributed by atoms with Crippen molar-refractivity contribution in [2.24, 2.45) is 22.2 Å². The summed E-state index contributed by atoms with van der Waals surface area (Å²) in [6.45, 7) is 7.02. The van der Waals surface area contributed by atoms with Crippen molar-refractivity contribution >= 4 is 6.21 Å². The SMILES string of the molecule is CC1=CC2C(N=C1)C2(C)C1CCNCC1. The lowest BCUT2D eigenvalue weighted by molar-refractivity contribution is 0.241. The van der Waals surface area contributed by atoms with E-state index in [1.54, 1.807) is 0 Å². The number of dihydropyridines is 1. The van der Waals surface area contributed by atoms with Crippen LogP contribution < -0.4 is 5.32 Å². The minimum atomic E-state index is 0.482. The molecule has 0 aromatic carbocycles. The molecule has 3 aliphatic rings. The smallest absolute Gasteiger partial charge is 0.0631 e. The predicted molar refractivity (Wildman–Crippen MR) is 63.2 cm³/mol. The Labute approximate surface area is 91.9 Å². The van der Waals surface area contributed by atoms with E-state index in [1.807, 2.05) is 0 Å². The molecule has 1 saturated heterocycles. The van der Waals surface area contributed by atoms with Crippen LogP contribution in [-0.4, -0.2) is 25.3 Å². The molecular weight excluding hydrogens is 184 g/mol. The highest BCUT2D eigenvalue weighted by atomic mass is 15.0. The van der Waals surface area contributed by atoms with E-state index < -0.39 is 0 Å². The molecule has 2 fully saturated rings. The first-order valence-electron chi connectivity index (χ1n) is 6.15. The van der Waals surface area contributed by atoms with Gasteiger partial charge in [0.25, 0.3) is 0 Å². The predicted octanol–water partition coefficient (Wildman–Crippen LogP) is 2.02. The van der Waals surface area contributed by atoms with E-state index in [4.69, 9.17) is 4.99 Å². The van der Waals surface area contributed by atoms with Crippen LogP contribution in [-0.2, 0) is 0 Å². The number of fused-ring (bicyclic) bond motifs is 1. The number of hydrogen-bond donors (Lipinski definition) is 1. The molecule has 15 heavy (non-hydrogen) atoms. The molecule has 3 unspecified atom stereocenters. The van der Waals surface area contributed by atoms with E-state index in [2.05, 4.69) is 31.5 Å². The average molecular weight is 204 g/mol. The molecule has 82 valence electrons. The number of piperidine rings is 1. The fourth-order valence-corrected chi connectivity index (χ4v) is 3.55. The second kappa shape index (κ2) is 3.18. The molecule has 2 aliphatic heterocycles. The van der Waals surface area contributed by atoms with Crippen molar-refractivity contribution in [3.8, 4) is 0 Å². The third-order valence-corrected chi connectivity index (χ3v) is 4.69. The molecule has 0 amide bonds. The zero-order chi connectivity index (χ0) is 10.5. The number of aliphatic imine (C=N–C) groups is 1. The Morgan fingerprint density at radius 3 is 2.80 bits per heavy atom. The standard InChI is InChI=1S/C13H20N2/c1-9-7-11-12(15-8-9)13(11,2)10-3-5-14-6-4-10/h7-8,10-12,14H,3-6H2,1-2H3. The van der Waals surface area contributed by atoms with Crippen molar-refractivity contribution in [3.63, 3.8) is 0 Å². The van der Waals surface area contributed by atoms with Crippen LogP contribution in [0.3, 0.4) is 0 Å². The highest BCUT2D eigenvalue weighted by Crippen LogP contribution is 2.63. The quantitative estimate of drug-likeness (QED) is 0.694. The van der Waals surface area contributed by atoms with Gasteiger partial charge < -0.3 is 5.32 Å². The molecule has 1 N–H and O–H groups in total. The van der Waals surface area contributed by atoms with Gasteiger partial charge in [-0.15, -0.1) is 0 Å². The van der Waals surface area contributed by atoms with E-state index >= 15 is 0 Å². The Kier molecular flexibility index (Phi) is 2.03. The van der Waals surface area contributed by atoms with Crippen molar-refractivity contribution in [1.82, 2.24) is 5.32 Å². The summed E-state index contributed by atoms with van der Waals surface area (Å²) in [5.41, 5.74) is 1.84. The first-order valence-corrected chi connectivity index (χ1v) is 6.15. The highest BCUT2D eigenvalue weighted by molar-refractivity contribution is 5.80. The van der Waals surface area contributed by atoms with Gasteiger partial charge in [0, 0.05) is 17.5 Å². The van der Waals surface area contributed by atoms with Gasteiger partial charge in [0.05, 0.1) is 6.04 Å². The zero-order valence-corrected chi connectivity index (χ0v) is 9.66. The van der Waals surface area contributed by atoms with E-state index in [9.17, 15) is 0 Å². The molecule has 3 rings (SSSR count). The minimum Gasteiger partial charge on any atom is -0.317 e. The first-order chi connectivity index (χ1) is 7.23. The number of nitrogens with one attached hydrogen (secondary N) is 1. The van der Waals surface area contributed by atoms with Crippen molar-refractivity contribution < 1.29 is 0 Å². The topological polar surface area (TPSA) is 24.4 Å². The molecule has 1 aliphatic carbocycles. The van der Waals surface area contributed by atoms with Crippen molar-refractivity contribution in [3.05, 3.63) is 11.6 Å². The molecule has 0 bridgehead atoms. The summed E-state index contributed by atoms with van der Waals surface area (Å²) < 4.78 is 0. The summed E-state index contributed by atoms with van der Waals surface area (Å²) in [4.78, 5) is 4.70. The van der Waals surface area contributed by atoms with Gasteiger partial charge in [0.15, 0.2) is 0 Å². The summed E-state index contributed by atoms with van der Waals surface area (Å²) in [6.07, 6.45) is 7.19. The van der Waals surface area contributed by atoms with E-state index in [-0.39, 0.29) is 0 Å². The van der Waals surface area contributed by atoms with Crippen molar-refractivity contribution in [2.45, 2.75) is 32.7 Å². The molecule has 2 nitrogen and oxygen atoms in total. The third-order valence-electron chi connectivity index (χ3n) is 4.69. The zero-order valence-electron chi connectivity index (χ0n) is 9.66. The Morgan fingerprint density at radius 1 is 1.40 bits per heavy atom. The molecule has 0 aromatic heterocycles. The van der Waals surface area contributed by atoms with Crippen LogP contribution in [0, 0.1) is 17.3 Å². The monoisotopic (exact) mass is 204 g/mol. The summed E-state index contributed by atoms with van der Waals surface area (Å²) >= 11 is 0. The van der Waals surface area contributed by atoms with E-state index in [0.717, 1.165) is 11.8 Å². The second-order valence-corrected chi connectivity index (χ2v) is 5.55. The second-order valence-electron chi connectivity index (χ2n) is 5.55. The van der Waals surface area contributed by atoms with Gasteiger partial charge in [-0.1, -0.05) is 13.0 Å². The third kappa shape index (κ3) is 1.31. The van der Waals surface area contributed by atoms with Gasteiger partial charge in [0.2, 0.25) is 0 Å². The molecule has 0 spiro atoms. The fourth-order valence-electron chi connectivity index (χ4n) is 3.55. The Hall–Kier alpha value is -0.630. The van der Waals surface area contributed by atoms with Crippen LogP contribution >= 0.6 is 0 Å². The molecular formula is C13H20N2. The molecule has 1 saturated carbocycles. The lowest BCUT2D eigenvalue weighted by Gasteiger charge is -2.29. The van der Waals surface area contributed by atoms with Crippen molar-refractivity contribution in [1.29, 1.82) is 0 Å². The van der Waals surface area contributed by atoms with Crippen LogP contribution in [0.1, 0.15) is 26.7 Å². The summed E-state index contributed by atoms with van der Waals surface area (Å²) in [7, 11) is 0. The lowest BCUT2D eigenvalue weighted by atomic mass is 9.81. The van der Waals surface area contributed by atoms with Gasteiger partial charge in [-0.3, -0.25) is 4.99 Å². The summed E-state index contributed by atoms with van der Waals surface area (Å²) in [6, 6.07) is 0.601. The van der Waals surface area contributed by atoms with E-state index in [0.29, 0.717) is 11.5 Å². The number of rotatable bonds is 1. The molecule has 2 heteroatoms. The van der Waals surface area contributed by atoms with Crippen LogP contribution in [0.4, 0.5) is 0 Å². The fraction of sp³-hybridized carbons (Fsp3) is 0.769. The lowest BCUT2D eigenvalue weighted by Crippen LogP contribution is -2.32. The van der Waals surface area contributed by atoms with Crippen molar-refractivity contribution in [2.75, 3.05) is 13.1 Å². The summed E-state index contributed by atoms with van der Waals surface area (Å²) in [5, 5.41) is 3.45. The van der Waals surface area contributed by atoms with Crippen LogP contribution in [0.5, 0.6) is 0 Å². The molecule has 3 atom stereocenters. The van der Waals surface area contributed by atoms with Gasteiger partial charge in [-0.05, 0) is 44.3 Å². The maximum absolute atomic E-state index is 4.70. The Bertz CT molecular complexity index is 325. The van der Waals surface area contributed by atoms with Crippen LogP contribution in [0.25, 0.3) is 0 Å². The Balaban J connectivity index is 1.79. The summed E-state index contributed by atoms with van der Waals surface area (Å²) in [5.74, 6) is 1.62. The maximum atomic E-state index is 4.70. The van der Waals surface area contributed by atoms with Gasteiger partial charge in [0.1, 0.15) is 0 Å². The van der Waals surface area contributed by atoms with Crippen LogP contribution in [0.2, 0.25) is 0 Å². The van der Waals surface area contributed by atoms with Gasteiger partial charge in [-0.25, -0.2) is 0 Å². The normalized spacial score (nSPS) is 44.8. The van der Waals surface area contributed by atoms with E-state index in [1.165, 1.54) is 31.5 Å². The highest BCUT2D eigenvalue weighted by Gasteiger charge is 2.64. The number of nitrogens with zero attached hydrogens (tertiary/aromatic N) is 1. The molecule has 0 aromatic rings. The molecule has 2 heterocycles. The number of allylic oxidation sites excluding steroid dienone is 1. The Morgan fingerprint density at radius 2 is 2.13 bits per heavy atom. The average Bonchev–Trinajstić information content (AvgIpc) is 2.87. The van der Waals surface area contributed by atoms with Gasteiger partial charge >= 0.3 is 0 Å². The van der Waals surface area contributed by atoms with Gasteiger partial charge in [-0.2, -0.15) is 0 Å². The first kappa shape index (κ1) is 9.59. The maximum Gasteiger partial charge on any atom is 0.0631 e. The molecule has 0 radical (unpaired) electrons. The van der Waals surface area contributed by atoms with Crippen LogP contribution in [0.15, 0.2) is 16.6 Å². The number of hydrogen-bond acceptors (Lipinski definition) is 2.